The number of fused-ring (bicyclic) bond motifs is 1. The second-order valence-electron chi connectivity index (χ2n) is 6.19. The van der Waals surface area contributed by atoms with Crippen LogP contribution in [0.5, 0.6) is 11.5 Å². The van der Waals surface area contributed by atoms with Gasteiger partial charge in [-0.25, -0.2) is 0 Å². The summed E-state index contributed by atoms with van der Waals surface area (Å²) >= 11 is 0. The van der Waals surface area contributed by atoms with Crippen LogP contribution < -0.4 is 9.47 Å². The Hall–Kier alpha value is -2.95. The Morgan fingerprint density at radius 2 is 1.76 bits per heavy atom. The van der Waals surface area contributed by atoms with Crippen molar-refractivity contribution < 1.29 is 14.6 Å². The second-order valence-corrected chi connectivity index (χ2v) is 6.19. The molecule has 4 rings (SSSR count). The molecule has 2 aromatic carbocycles. The fraction of sp³-hybridized carbons (Fsp3) is 0.250. The van der Waals surface area contributed by atoms with Crippen molar-refractivity contribution in [2.45, 2.75) is 6.42 Å². The molecule has 0 saturated carbocycles. The molecule has 0 aliphatic carbocycles. The second kappa shape index (κ2) is 6.51. The van der Waals surface area contributed by atoms with Crippen LogP contribution in [0.15, 0.2) is 54.3 Å². The number of benzene rings is 2. The maximum Gasteiger partial charge on any atom is 0.161 e. The van der Waals surface area contributed by atoms with Crippen molar-refractivity contribution in [1.29, 1.82) is 5.41 Å². The van der Waals surface area contributed by atoms with E-state index in [0.717, 1.165) is 29.0 Å². The summed E-state index contributed by atoms with van der Waals surface area (Å²) in [4.78, 5) is 1.90. The Morgan fingerprint density at radius 3 is 2.56 bits per heavy atom. The Labute approximate surface area is 146 Å². The quantitative estimate of drug-likeness (QED) is 0.899. The molecule has 0 bridgehead atoms. The zero-order valence-electron chi connectivity index (χ0n) is 13.9. The van der Waals surface area contributed by atoms with E-state index in [9.17, 15) is 5.11 Å². The van der Waals surface area contributed by atoms with Gasteiger partial charge in [-0.3, -0.25) is 5.41 Å². The number of hydrogen-bond acceptors (Lipinski definition) is 4. The molecular weight excluding hydrogens is 316 g/mol. The largest absolute Gasteiger partial charge is 0.510 e. The van der Waals surface area contributed by atoms with Gasteiger partial charge in [0.15, 0.2) is 11.5 Å². The van der Waals surface area contributed by atoms with Gasteiger partial charge in [-0.05, 0) is 29.7 Å². The number of nitrogens with one attached hydrogen (secondary N) is 1. The molecule has 2 aliphatic rings. The minimum Gasteiger partial charge on any atom is -0.510 e. The molecular formula is C20H20N2O3. The van der Waals surface area contributed by atoms with Crippen LogP contribution in [-0.4, -0.2) is 42.1 Å². The number of aliphatic hydroxyl groups is 1. The van der Waals surface area contributed by atoms with E-state index in [0.29, 0.717) is 37.7 Å². The highest BCUT2D eigenvalue weighted by molar-refractivity contribution is 6.23. The molecule has 0 saturated heterocycles. The summed E-state index contributed by atoms with van der Waals surface area (Å²) in [5.41, 5.74) is 2.64. The molecule has 0 unspecified atom stereocenters. The van der Waals surface area contributed by atoms with E-state index in [4.69, 9.17) is 14.9 Å². The summed E-state index contributed by atoms with van der Waals surface area (Å²) in [6.07, 6.45) is 0.772. The highest BCUT2D eigenvalue weighted by Gasteiger charge is 2.27. The molecule has 2 N–H and O–H groups in total. The normalized spacial score (nSPS) is 16.5. The Kier molecular flexibility index (Phi) is 4.06. The summed E-state index contributed by atoms with van der Waals surface area (Å²) in [7, 11) is 0. The fourth-order valence-corrected chi connectivity index (χ4v) is 3.24. The van der Waals surface area contributed by atoms with Gasteiger partial charge in [0, 0.05) is 6.54 Å². The first-order valence-electron chi connectivity index (χ1n) is 8.42. The standard InChI is InChI=1S/C20H20N2O3/c21-20-19(15-4-2-1-3-5-15)16(23)13-22(20)9-8-14-6-7-17-18(12-14)25-11-10-24-17/h1-7,12,21,23H,8-11,13H2. The van der Waals surface area contributed by atoms with Gasteiger partial charge < -0.3 is 19.5 Å². The van der Waals surface area contributed by atoms with Gasteiger partial charge in [0.25, 0.3) is 0 Å². The van der Waals surface area contributed by atoms with E-state index >= 15 is 0 Å². The SMILES string of the molecule is N=C1C(c2ccccc2)=C(O)CN1CCc1ccc2c(c1)OCCO2. The number of aliphatic hydroxyl groups excluding tert-OH is 1. The molecule has 0 radical (unpaired) electrons. The number of amidine groups is 1. The van der Waals surface area contributed by atoms with Crippen LogP contribution in [0.3, 0.4) is 0 Å². The summed E-state index contributed by atoms with van der Waals surface area (Å²) in [5.74, 6) is 2.21. The highest BCUT2D eigenvalue weighted by Crippen LogP contribution is 2.31. The van der Waals surface area contributed by atoms with Gasteiger partial charge in [0.2, 0.25) is 0 Å². The van der Waals surface area contributed by atoms with Crippen LogP contribution in [0.1, 0.15) is 11.1 Å². The number of nitrogens with zero attached hydrogens (tertiary/aromatic N) is 1. The molecule has 5 nitrogen and oxygen atoms in total. The Morgan fingerprint density at radius 1 is 1.00 bits per heavy atom. The molecule has 2 aromatic rings. The van der Waals surface area contributed by atoms with Gasteiger partial charge in [0.05, 0.1) is 12.1 Å². The molecule has 0 spiro atoms. The molecule has 0 amide bonds. The lowest BCUT2D eigenvalue weighted by Gasteiger charge is -2.21. The van der Waals surface area contributed by atoms with Gasteiger partial charge in [-0.1, -0.05) is 36.4 Å². The number of hydrogen-bond donors (Lipinski definition) is 2. The minimum absolute atomic E-state index is 0.262. The summed E-state index contributed by atoms with van der Waals surface area (Å²) in [5, 5.41) is 18.7. The van der Waals surface area contributed by atoms with Crippen molar-refractivity contribution in [3.8, 4) is 11.5 Å². The molecule has 5 heteroatoms. The van der Waals surface area contributed by atoms with Gasteiger partial charge in [-0.15, -0.1) is 0 Å². The lowest BCUT2D eigenvalue weighted by atomic mass is 10.1. The zero-order chi connectivity index (χ0) is 17.2. The molecule has 128 valence electrons. The topological polar surface area (TPSA) is 65.8 Å². The first-order chi connectivity index (χ1) is 12.2. The van der Waals surface area contributed by atoms with Crippen LogP contribution in [0.25, 0.3) is 5.57 Å². The predicted octanol–water partition coefficient (Wildman–Crippen LogP) is 3.26. The fourth-order valence-electron chi connectivity index (χ4n) is 3.24. The molecule has 2 heterocycles. The van der Waals surface area contributed by atoms with E-state index in [1.165, 1.54) is 0 Å². The highest BCUT2D eigenvalue weighted by atomic mass is 16.6. The summed E-state index contributed by atoms with van der Waals surface area (Å²) in [6.45, 7) is 2.21. The molecule has 0 fully saturated rings. The number of rotatable bonds is 4. The van der Waals surface area contributed by atoms with Crippen molar-refractivity contribution in [2.24, 2.45) is 0 Å². The maximum absolute atomic E-state index is 10.3. The average Bonchev–Trinajstić information content (AvgIpc) is 2.94. The van der Waals surface area contributed by atoms with Crippen LogP contribution in [0, 0.1) is 5.41 Å². The lowest BCUT2D eigenvalue weighted by Crippen LogP contribution is -2.28. The third-order valence-corrected chi connectivity index (χ3v) is 4.52. The van der Waals surface area contributed by atoms with Crippen molar-refractivity contribution >= 4 is 11.4 Å². The average molecular weight is 336 g/mol. The molecule has 0 atom stereocenters. The van der Waals surface area contributed by atoms with Crippen molar-refractivity contribution in [3.05, 3.63) is 65.4 Å². The molecule has 2 aliphatic heterocycles. The van der Waals surface area contributed by atoms with E-state index in [1.54, 1.807) is 0 Å². The van der Waals surface area contributed by atoms with Crippen molar-refractivity contribution in [3.63, 3.8) is 0 Å². The van der Waals surface area contributed by atoms with Crippen molar-refractivity contribution in [1.82, 2.24) is 4.90 Å². The lowest BCUT2D eigenvalue weighted by molar-refractivity contribution is 0.171. The van der Waals surface area contributed by atoms with Gasteiger partial charge in [-0.2, -0.15) is 0 Å². The van der Waals surface area contributed by atoms with E-state index in [-0.39, 0.29) is 5.76 Å². The van der Waals surface area contributed by atoms with Crippen LogP contribution in [0.4, 0.5) is 0 Å². The van der Waals surface area contributed by atoms with Crippen LogP contribution in [0.2, 0.25) is 0 Å². The zero-order valence-corrected chi connectivity index (χ0v) is 13.9. The molecule has 25 heavy (non-hydrogen) atoms. The first-order valence-corrected chi connectivity index (χ1v) is 8.42. The third-order valence-electron chi connectivity index (χ3n) is 4.52. The summed E-state index contributed by atoms with van der Waals surface area (Å²) in [6, 6.07) is 15.6. The van der Waals surface area contributed by atoms with Gasteiger partial charge >= 0.3 is 0 Å². The van der Waals surface area contributed by atoms with E-state index in [2.05, 4.69) is 0 Å². The minimum atomic E-state index is 0.262. The maximum atomic E-state index is 10.3. The Bertz CT molecular complexity index is 830. The van der Waals surface area contributed by atoms with Crippen molar-refractivity contribution in [2.75, 3.05) is 26.3 Å². The predicted molar refractivity (Wildman–Crippen MR) is 96.4 cm³/mol. The molecule has 0 aromatic heterocycles. The monoisotopic (exact) mass is 336 g/mol. The third kappa shape index (κ3) is 3.05. The smallest absolute Gasteiger partial charge is 0.161 e. The van der Waals surface area contributed by atoms with Gasteiger partial charge in [0.1, 0.15) is 24.8 Å². The van der Waals surface area contributed by atoms with Crippen LogP contribution in [-0.2, 0) is 6.42 Å². The Balaban J connectivity index is 1.44. The van der Waals surface area contributed by atoms with E-state index < -0.39 is 0 Å². The number of ether oxygens (including phenoxy) is 2. The summed E-state index contributed by atoms with van der Waals surface area (Å²) < 4.78 is 11.2. The van der Waals surface area contributed by atoms with Crippen LogP contribution >= 0.6 is 0 Å². The first kappa shape index (κ1) is 15.6. The van der Waals surface area contributed by atoms with E-state index in [1.807, 2.05) is 53.4 Å².